The quantitative estimate of drug-likeness (QED) is 0.265. The van der Waals surface area contributed by atoms with Crippen LogP contribution in [-0.4, -0.2) is 61.8 Å². The second-order valence-electron chi connectivity index (χ2n) is 11.8. The molecule has 2 aromatic rings. The van der Waals surface area contributed by atoms with Crippen molar-refractivity contribution in [3.05, 3.63) is 36.0 Å². The van der Waals surface area contributed by atoms with Crippen LogP contribution in [0.5, 0.6) is 5.88 Å². The Bertz CT molecular complexity index is 1250. The number of cyclic esters (lactones) is 1. The highest BCUT2D eigenvalue weighted by Gasteiger charge is 2.50. The lowest BCUT2D eigenvalue weighted by Crippen LogP contribution is -2.56. The average Bonchev–Trinajstić information content (AvgIpc) is 3.54. The van der Waals surface area contributed by atoms with E-state index in [9.17, 15) is 19.5 Å². The lowest BCUT2D eigenvalue weighted by molar-refractivity contribution is -0.149. The van der Waals surface area contributed by atoms with E-state index in [1.54, 1.807) is 6.20 Å². The summed E-state index contributed by atoms with van der Waals surface area (Å²) in [7, 11) is 0. The van der Waals surface area contributed by atoms with Gasteiger partial charge < -0.3 is 24.8 Å². The minimum absolute atomic E-state index is 0.0696. The molecule has 2 amide bonds. The lowest BCUT2D eigenvalue weighted by Gasteiger charge is -2.33. The van der Waals surface area contributed by atoms with Crippen molar-refractivity contribution in [2.75, 3.05) is 6.61 Å². The molecule has 1 saturated carbocycles. The number of nitrogens with zero attached hydrogens (tertiary/aromatic N) is 2. The molecule has 4 bridgehead atoms. The molecule has 210 valence electrons. The van der Waals surface area contributed by atoms with Crippen LogP contribution in [0.15, 0.2) is 30.5 Å². The highest BCUT2D eigenvalue weighted by Crippen LogP contribution is 2.37. The molecule has 1 saturated heterocycles. The summed E-state index contributed by atoms with van der Waals surface area (Å²) in [4.78, 5) is 45.2. The number of aryl methyl sites for hydroxylation is 1. The molecular weight excluding hydrogens is 613 g/mol. The van der Waals surface area contributed by atoms with E-state index in [2.05, 4.69) is 58.9 Å². The third-order valence-electron chi connectivity index (χ3n) is 8.28. The van der Waals surface area contributed by atoms with Crippen molar-refractivity contribution in [2.45, 2.75) is 87.5 Å². The summed E-state index contributed by atoms with van der Waals surface area (Å²) in [6, 6.07) is 6.24. The first-order valence-electron chi connectivity index (χ1n) is 13.8. The predicted molar refractivity (Wildman–Crippen MR) is 154 cm³/mol. The summed E-state index contributed by atoms with van der Waals surface area (Å²) >= 11 is 2.10. The van der Waals surface area contributed by atoms with Crippen molar-refractivity contribution in [1.82, 2.24) is 15.2 Å². The van der Waals surface area contributed by atoms with Crippen LogP contribution in [0.2, 0.25) is 0 Å². The number of carboxylic acid groups (broad SMARTS) is 1. The molecule has 1 aromatic carbocycles. The zero-order valence-corrected chi connectivity index (χ0v) is 24.6. The Hall–Kier alpha value is -2.63. The number of pyridine rings is 1. The molecule has 9 nitrogen and oxygen atoms in total. The highest BCUT2D eigenvalue weighted by atomic mass is 127. The first-order chi connectivity index (χ1) is 18.6. The molecule has 10 heteroatoms. The SMILES string of the molecule is CC1(C)CCCc2ccc3ccnc(c3c2)O[C@@H]2C[C@@H](C(=O)O)N(C(=O)[C@H](C3CCCC3)NC(=O)OC1)C2I. The second-order valence-corrected chi connectivity index (χ2v) is 13.1. The summed E-state index contributed by atoms with van der Waals surface area (Å²) in [5, 5.41) is 14.8. The number of ether oxygens (including phenoxy) is 2. The third-order valence-corrected chi connectivity index (χ3v) is 9.69. The van der Waals surface area contributed by atoms with Gasteiger partial charge in [0.2, 0.25) is 11.8 Å². The van der Waals surface area contributed by atoms with Crippen molar-refractivity contribution in [1.29, 1.82) is 0 Å². The average molecular weight is 650 g/mol. The Labute approximate surface area is 242 Å². The number of alkyl halides is 1. The van der Waals surface area contributed by atoms with E-state index in [1.807, 2.05) is 12.1 Å². The van der Waals surface area contributed by atoms with Crippen molar-refractivity contribution >= 4 is 51.3 Å². The number of amides is 2. The Balaban J connectivity index is 1.53. The monoisotopic (exact) mass is 649 g/mol. The first kappa shape index (κ1) is 27.9. The number of alkyl carbamates (subject to hydrolysis) is 1. The maximum absolute atomic E-state index is 14.0. The number of hydrogen-bond acceptors (Lipinski definition) is 6. The number of carboxylic acids is 1. The third kappa shape index (κ3) is 6.10. The number of nitrogens with one attached hydrogen (secondary N) is 1. The summed E-state index contributed by atoms with van der Waals surface area (Å²) in [6.07, 6.45) is 6.74. The Morgan fingerprint density at radius 2 is 1.95 bits per heavy atom. The van der Waals surface area contributed by atoms with Crippen molar-refractivity contribution in [3.63, 3.8) is 0 Å². The number of halogens is 1. The number of aliphatic carboxylic acids is 1. The number of fused-ring (bicyclic) bond motifs is 3. The number of benzene rings is 1. The summed E-state index contributed by atoms with van der Waals surface area (Å²) in [5.41, 5.74) is 0.902. The van der Waals surface area contributed by atoms with E-state index in [-0.39, 0.29) is 24.4 Å². The largest absolute Gasteiger partial charge is 0.480 e. The number of aromatic nitrogens is 1. The molecule has 5 rings (SSSR count). The predicted octanol–water partition coefficient (Wildman–Crippen LogP) is 5.08. The van der Waals surface area contributed by atoms with Gasteiger partial charge in [-0.15, -0.1) is 0 Å². The Morgan fingerprint density at radius 3 is 2.69 bits per heavy atom. The van der Waals surface area contributed by atoms with Gasteiger partial charge in [0, 0.05) is 18.0 Å². The van der Waals surface area contributed by atoms with Crippen LogP contribution in [0, 0.1) is 11.3 Å². The molecule has 3 aliphatic rings. The van der Waals surface area contributed by atoms with Gasteiger partial charge in [0.15, 0.2) is 0 Å². The van der Waals surface area contributed by atoms with Crippen LogP contribution in [0.3, 0.4) is 0 Å². The van der Waals surface area contributed by atoms with Crippen LogP contribution in [-0.2, 0) is 20.7 Å². The molecule has 0 radical (unpaired) electrons. The van der Waals surface area contributed by atoms with Crippen molar-refractivity contribution in [3.8, 4) is 5.88 Å². The smallest absolute Gasteiger partial charge is 0.407 e. The molecule has 1 aliphatic carbocycles. The Kier molecular flexibility index (Phi) is 8.21. The zero-order chi connectivity index (χ0) is 27.7. The minimum Gasteiger partial charge on any atom is -0.480 e. The van der Waals surface area contributed by atoms with Gasteiger partial charge in [-0.3, -0.25) is 4.79 Å². The van der Waals surface area contributed by atoms with E-state index in [0.29, 0.717) is 5.88 Å². The summed E-state index contributed by atoms with van der Waals surface area (Å²) < 4.78 is 11.5. The summed E-state index contributed by atoms with van der Waals surface area (Å²) in [6.45, 7) is 4.36. The summed E-state index contributed by atoms with van der Waals surface area (Å²) in [5.74, 6) is -1.12. The molecule has 39 heavy (non-hydrogen) atoms. The van der Waals surface area contributed by atoms with Gasteiger partial charge in [0.1, 0.15) is 22.2 Å². The number of rotatable bonds is 2. The minimum atomic E-state index is -1.09. The number of carbonyl (C=O) groups excluding carboxylic acids is 2. The van der Waals surface area contributed by atoms with Crippen LogP contribution in [0.25, 0.3) is 10.8 Å². The molecule has 1 aromatic heterocycles. The molecular formula is C29H36IN3O6. The van der Waals surface area contributed by atoms with Gasteiger partial charge in [-0.1, -0.05) is 61.4 Å². The zero-order valence-electron chi connectivity index (χ0n) is 22.4. The normalized spacial score (nSPS) is 28.4. The van der Waals surface area contributed by atoms with E-state index in [0.717, 1.165) is 61.3 Å². The van der Waals surface area contributed by atoms with Gasteiger partial charge in [0.05, 0.1) is 6.61 Å². The molecule has 4 atom stereocenters. The first-order valence-corrected chi connectivity index (χ1v) is 15.0. The van der Waals surface area contributed by atoms with Crippen LogP contribution in [0.1, 0.15) is 64.4 Å². The van der Waals surface area contributed by atoms with E-state index >= 15 is 0 Å². The molecule has 0 spiro atoms. The maximum atomic E-state index is 14.0. The molecule has 2 fully saturated rings. The Morgan fingerprint density at radius 1 is 1.18 bits per heavy atom. The molecule has 2 aliphatic heterocycles. The fourth-order valence-corrected chi connectivity index (χ4v) is 7.19. The fraction of sp³-hybridized carbons (Fsp3) is 0.586. The van der Waals surface area contributed by atoms with Crippen LogP contribution < -0.4 is 10.1 Å². The van der Waals surface area contributed by atoms with Gasteiger partial charge >= 0.3 is 12.1 Å². The van der Waals surface area contributed by atoms with Crippen LogP contribution in [0.4, 0.5) is 4.79 Å². The van der Waals surface area contributed by atoms with Crippen molar-refractivity contribution in [2.24, 2.45) is 11.3 Å². The highest BCUT2D eigenvalue weighted by molar-refractivity contribution is 14.1. The van der Waals surface area contributed by atoms with E-state index in [4.69, 9.17) is 9.47 Å². The van der Waals surface area contributed by atoms with Gasteiger partial charge in [-0.05, 0) is 66.5 Å². The van der Waals surface area contributed by atoms with E-state index in [1.165, 1.54) is 4.90 Å². The standard InChI is InChI=1S/C29H36IN3O6/c1-29(2)12-5-6-17-9-10-18-11-13-31-25(20(18)14-17)39-22-15-21(27(35)36)33(24(22)30)26(34)23(19-7-3-4-8-19)32-28(37)38-16-29/h9-11,13-14,19,21-24H,3-8,12,15-16H2,1-2H3,(H,32,37)(H,35,36)/t21-,22+,23-,24?/m0/s1. The van der Waals surface area contributed by atoms with Gasteiger partial charge in [0.25, 0.3) is 0 Å². The lowest BCUT2D eigenvalue weighted by atomic mass is 9.87. The second kappa shape index (κ2) is 11.5. The molecule has 3 heterocycles. The topological polar surface area (TPSA) is 118 Å². The van der Waals surface area contributed by atoms with Crippen LogP contribution >= 0.6 is 22.6 Å². The van der Waals surface area contributed by atoms with Gasteiger partial charge in [-0.25, -0.2) is 14.6 Å². The van der Waals surface area contributed by atoms with E-state index < -0.39 is 40.2 Å². The fourth-order valence-electron chi connectivity index (χ4n) is 6.08. The number of hydrogen-bond donors (Lipinski definition) is 2. The molecule has 1 unspecified atom stereocenters. The van der Waals surface area contributed by atoms with Gasteiger partial charge in [-0.2, -0.15) is 0 Å². The number of carbonyl (C=O) groups is 3. The maximum Gasteiger partial charge on any atom is 0.407 e. The molecule has 2 N–H and O–H groups in total. The van der Waals surface area contributed by atoms with Crippen molar-refractivity contribution < 1.29 is 29.0 Å².